The first-order chi connectivity index (χ1) is 14.5. The third kappa shape index (κ3) is 5.85. The van der Waals surface area contributed by atoms with Crippen molar-refractivity contribution in [2.75, 3.05) is 7.11 Å². The molecule has 2 amide bonds. The molecule has 1 aliphatic carbocycles. The van der Waals surface area contributed by atoms with Crippen LogP contribution in [0.3, 0.4) is 0 Å². The molecular formula is C25H32N2O3. The summed E-state index contributed by atoms with van der Waals surface area (Å²) in [5.74, 6) is 0.599. The molecule has 0 heterocycles. The molecule has 160 valence electrons. The maximum atomic E-state index is 13.3. The lowest BCUT2D eigenvalue weighted by atomic mass is 10.1. The van der Waals surface area contributed by atoms with Gasteiger partial charge in [-0.2, -0.15) is 0 Å². The fourth-order valence-electron chi connectivity index (χ4n) is 4.04. The van der Waals surface area contributed by atoms with Crippen molar-refractivity contribution in [2.45, 2.75) is 64.6 Å². The van der Waals surface area contributed by atoms with Gasteiger partial charge in [-0.15, -0.1) is 0 Å². The summed E-state index contributed by atoms with van der Waals surface area (Å²) in [6, 6.07) is 15.3. The molecule has 0 bridgehead atoms. The van der Waals surface area contributed by atoms with E-state index in [1.54, 1.807) is 12.0 Å². The van der Waals surface area contributed by atoms with Crippen LogP contribution in [0.25, 0.3) is 0 Å². The summed E-state index contributed by atoms with van der Waals surface area (Å²) in [4.78, 5) is 27.9. The van der Waals surface area contributed by atoms with E-state index < -0.39 is 6.04 Å². The Morgan fingerprint density at radius 1 is 1.10 bits per heavy atom. The Morgan fingerprint density at radius 3 is 2.50 bits per heavy atom. The summed E-state index contributed by atoms with van der Waals surface area (Å²) in [5, 5.41) is 3.14. The lowest BCUT2D eigenvalue weighted by molar-refractivity contribution is -0.140. The highest BCUT2D eigenvalue weighted by atomic mass is 16.5. The molecule has 3 rings (SSSR count). The van der Waals surface area contributed by atoms with Crippen molar-refractivity contribution in [1.29, 1.82) is 0 Å². The Morgan fingerprint density at radius 2 is 1.80 bits per heavy atom. The van der Waals surface area contributed by atoms with Crippen LogP contribution in [0, 0.1) is 6.92 Å². The zero-order valence-electron chi connectivity index (χ0n) is 18.2. The number of methoxy groups -OCH3 is 1. The highest BCUT2D eigenvalue weighted by Gasteiger charge is 2.28. The molecule has 1 fully saturated rings. The summed E-state index contributed by atoms with van der Waals surface area (Å²) < 4.78 is 5.32. The number of hydrogen-bond donors (Lipinski definition) is 1. The van der Waals surface area contributed by atoms with Crippen molar-refractivity contribution in [3.05, 3.63) is 65.2 Å². The van der Waals surface area contributed by atoms with E-state index in [0.29, 0.717) is 6.54 Å². The third-order valence-corrected chi connectivity index (χ3v) is 5.79. The third-order valence-electron chi connectivity index (χ3n) is 5.79. The fourth-order valence-corrected chi connectivity index (χ4v) is 4.04. The minimum absolute atomic E-state index is 0.0579. The van der Waals surface area contributed by atoms with Gasteiger partial charge in [0.25, 0.3) is 0 Å². The molecule has 0 aromatic heterocycles. The number of carbonyl (C=O) groups is 2. The minimum atomic E-state index is -0.547. The van der Waals surface area contributed by atoms with Gasteiger partial charge >= 0.3 is 0 Å². The van der Waals surface area contributed by atoms with Crippen molar-refractivity contribution in [3.8, 4) is 5.75 Å². The SMILES string of the molecule is COc1cccc(CN(C(=O)Cc2cccc(C)c2)[C@@H](C)C(=O)NC2CCCC2)c1. The van der Waals surface area contributed by atoms with Crippen LogP contribution in [-0.4, -0.2) is 35.9 Å². The van der Waals surface area contributed by atoms with E-state index in [-0.39, 0.29) is 24.3 Å². The average Bonchev–Trinajstić information content (AvgIpc) is 3.24. The summed E-state index contributed by atoms with van der Waals surface area (Å²) in [5.41, 5.74) is 3.01. The zero-order chi connectivity index (χ0) is 21.5. The van der Waals surface area contributed by atoms with Crippen LogP contribution in [0.5, 0.6) is 5.75 Å². The van der Waals surface area contributed by atoms with Crippen LogP contribution in [0.4, 0.5) is 0 Å². The van der Waals surface area contributed by atoms with Crippen LogP contribution in [-0.2, 0) is 22.6 Å². The van der Waals surface area contributed by atoms with Gasteiger partial charge in [0.1, 0.15) is 11.8 Å². The molecule has 1 saturated carbocycles. The van der Waals surface area contributed by atoms with Gasteiger partial charge in [0, 0.05) is 12.6 Å². The van der Waals surface area contributed by atoms with Gasteiger partial charge in [-0.05, 0) is 49.9 Å². The molecule has 1 atom stereocenters. The lowest BCUT2D eigenvalue weighted by Gasteiger charge is -2.30. The van der Waals surface area contributed by atoms with E-state index in [1.807, 2.05) is 62.4 Å². The van der Waals surface area contributed by atoms with Crippen molar-refractivity contribution in [1.82, 2.24) is 10.2 Å². The van der Waals surface area contributed by atoms with Crippen molar-refractivity contribution in [2.24, 2.45) is 0 Å². The van der Waals surface area contributed by atoms with Crippen LogP contribution in [0.15, 0.2) is 48.5 Å². The maximum Gasteiger partial charge on any atom is 0.242 e. The largest absolute Gasteiger partial charge is 0.497 e. The van der Waals surface area contributed by atoms with Crippen LogP contribution in [0.1, 0.15) is 49.3 Å². The van der Waals surface area contributed by atoms with Crippen molar-refractivity contribution in [3.63, 3.8) is 0 Å². The van der Waals surface area contributed by atoms with Crippen LogP contribution >= 0.6 is 0 Å². The predicted octanol–water partition coefficient (Wildman–Crippen LogP) is 4.02. The fraction of sp³-hybridized carbons (Fsp3) is 0.440. The number of amides is 2. The van der Waals surface area contributed by atoms with E-state index in [2.05, 4.69) is 5.32 Å². The smallest absolute Gasteiger partial charge is 0.242 e. The molecule has 0 unspecified atom stereocenters. The molecule has 0 spiro atoms. The normalized spacial score (nSPS) is 14.9. The summed E-state index contributed by atoms with van der Waals surface area (Å²) in [6.45, 7) is 4.19. The Hall–Kier alpha value is -2.82. The van der Waals surface area contributed by atoms with Gasteiger partial charge in [0.05, 0.1) is 13.5 Å². The second-order valence-electron chi connectivity index (χ2n) is 8.20. The Labute approximate surface area is 179 Å². The second kappa shape index (κ2) is 10.3. The average molecular weight is 409 g/mol. The zero-order valence-corrected chi connectivity index (χ0v) is 18.2. The molecule has 2 aromatic rings. The van der Waals surface area contributed by atoms with Crippen molar-refractivity contribution >= 4 is 11.8 Å². The predicted molar refractivity (Wildman–Crippen MR) is 118 cm³/mol. The summed E-state index contributed by atoms with van der Waals surface area (Å²) in [7, 11) is 1.62. The maximum absolute atomic E-state index is 13.3. The number of nitrogens with one attached hydrogen (secondary N) is 1. The molecule has 5 nitrogen and oxygen atoms in total. The summed E-state index contributed by atoms with van der Waals surface area (Å²) >= 11 is 0. The van der Waals surface area contributed by atoms with Gasteiger partial charge < -0.3 is 15.0 Å². The quantitative estimate of drug-likeness (QED) is 0.718. The van der Waals surface area contributed by atoms with E-state index in [0.717, 1.165) is 48.1 Å². The van der Waals surface area contributed by atoms with E-state index in [4.69, 9.17) is 4.74 Å². The van der Waals surface area contributed by atoms with Gasteiger partial charge in [-0.1, -0.05) is 54.8 Å². The Bertz CT molecular complexity index is 874. The van der Waals surface area contributed by atoms with Gasteiger partial charge in [-0.3, -0.25) is 9.59 Å². The molecule has 0 radical (unpaired) electrons. The van der Waals surface area contributed by atoms with Crippen LogP contribution < -0.4 is 10.1 Å². The first-order valence-corrected chi connectivity index (χ1v) is 10.7. The van der Waals surface area contributed by atoms with Gasteiger partial charge in [-0.25, -0.2) is 0 Å². The molecule has 0 aliphatic heterocycles. The molecule has 30 heavy (non-hydrogen) atoms. The number of nitrogens with zero attached hydrogens (tertiary/aromatic N) is 1. The van der Waals surface area contributed by atoms with Gasteiger partial charge in [0.15, 0.2) is 0 Å². The number of ether oxygens (including phenoxy) is 1. The first-order valence-electron chi connectivity index (χ1n) is 10.7. The molecular weight excluding hydrogens is 376 g/mol. The van der Waals surface area contributed by atoms with Gasteiger partial charge in [0.2, 0.25) is 11.8 Å². The van der Waals surface area contributed by atoms with Crippen LogP contribution in [0.2, 0.25) is 0 Å². The van der Waals surface area contributed by atoms with E-state index in [9.17, 15) is 9.59 Å². The van der Waals surface area contributed by atoms with E-state index >= 15 is 0 Å². The number of aryl methyl sites for hydroxylation is 1. The highest BCUT2D eigenvalue weighted by Crippen LogP contribution is 2.20. The minimum Gasteiger partial charge on any atom is -0.497 e. The topological polar surface area (TPSA) is 58.6 Å². The Balaban J connectivity index is 1.78. The second-order valence-corrected chi connectivity index (χ2v) is 8.20. The standard InChI is InChI=1S/C25H32N2O3/c1-18-8-6-9-20(14-18)16-24(28)27(17-21-10-7-13-23(15-21)30-3)19(2)25(29)26-22-11-4-5-12-22/h6-10,13-15,19,22H,4-5,11-12,16-17H2,1-3H3,(H,26,29)/t19-/m0/s1. The molecule has 5 heteroatoms. The number of benzene rings is 2. The summed E-state index contributed by atoms with van der Waals surface area (Å²) in [6.07, 6.45) is 4.61. The molecule has 2 aromatic carbocycles. The number of carbonyl (C=O) groups excluding carboxylic acids is 2. The molecule has 1 aliphatic rings. The number of hydrogen-bond acceptors (Lipinski definition) is 3. The van der Waals surface area contributed by atoms with E-state index in [1.165, 1.54) is 0 Å². The molecule has 1 N–H and O–H groups in total. The highest BCUT2D eigenvalue weighted by molar-refractivity contribution is 5.88. The monoisotopic (exact) mass is 408 g/mol. The van der Waals surface area contributed by atoms with Crippen molar-refractivity contribution < 1.29 is 14.3 Å². The lowest BCUT2D eigenvalue weighted by Crippen LogP contribution is -2.50. The first kappa shape index (κ1) is 21.9. The molecule has 0 saturated heterocycles. The Kier molecular flexibility index (Phi) is 7.50. The number of rotatable bonds is 8.